The van der Waals surface area contributed by atoms with Gasteiger partial charge in [-0.05, 0) is 24.3 Å². The van der Waals surface area contributed by atoms with Crippen molar-refractivity contribution in [2.24, 2.45) is 0 Å². The van der Waals surface area contributed by atoms with Crippen molar-refractivity contribution in [2.75, 3.05) is 13.2 Å². The fourth-order valence-electron chi connectivity index (χ4n) is 2.62. The number of hydrogen-bond acceptors (Lipinski definition) is 4. The Bertz CT molecular complexity index is 971. The first-order valence-electron chi connectivity index (χ1n) is 7.60. The lowest BCUT2D eigenvalue weighted by molar-refractivity contribution is 0.0949. The van der Waals surface area contributed by atoms with Crippen molar-refractivity contribution in [3.05, 3.63) is 58.0 Å². The van der Waals surface area contributed by atoms with Crippen LogP contribution in [0.3, 0.4) is 0 Å². The summed E-state index contributed by atoms with van der Waals surface area (Å²) >= 11 is 12.1. The molecule has 0 bridgehead atoms. The lowest BCUT2D eigenvalue weighted by atomic mass is 10.1. The summed E-state index contributed by atoms with van der Waals surface area (Å²) in [5.41, 5.74) is 1.89. The maximum atomic E-state index is 12.4. The molecule has 0 saturated heterocycles. The van der Waals surface area contributed by atoms with E-state index in [0.29, 0.717) is 40.3 Å². The summed E-state index contributed by atoms with van der Waals surface area (Å²) in [5.74, 6) is 0.682. The molecule has 4 rings (SSSR count). The molecule has 1 aromatic carbocycles. The molecule has 8 heteroatoms. The van der Waals surface area contributed by atoms with E-state index in [9.17, 15) is 4.79 Å². The summed E-state index contributed by atoms with van der Waals surface area (Å²) in [6.45, 7) is 1.15. The number of fused-ring (bicyclic) bond motifs is 2. The number of hydrogen-bond donors (Lipinski definition) is 1. The average Bonchev–Trinajstić information content (AvgIpc) is 3.01. The molecule has 0 fully saturated rings. The third-order valence-electron chi connectivity index (χ3n) is 3.75. The fourth-order valence-corrected chi connectivity index (χ4v) is 3.05. The SMILES string of the molecule is O=C(NCc1cn2cc(Cl)ccc2n1)c1cc(Cl)c2c(c1)OCCO2. The molecule has 0 unspecified atom stereocenters. The first-order valence-corrected chi connectivity index (χ1v) is 8.36. The Morgan fingerprint density at radius 2 is 2.04 bits per heavy atom. The van der Waals surface area contributed by atoms with Gasteiger partial charge in [0.05, 0.1) is 22.3 Å². The number of carbonyl (C=O) groups is 1. The van der Waals surface area contributed by atoms with E-state index in [1.165, 1.54) is 0 Å². The Kier molecular flexibility index (Phi) is 4.15. The predicted octanol–water partition coefficient (Wildman–Crippen LogP) is 3.34. The van der Waals surface area contributed by atoms with E-state index in [2.05, 4.69) is 10.3 Å². The molecular formula is C17H13Cl2N3O3. The van der Waals surface area contributed by atoms with Gasteiger partial charge in [-0.2, -0.15) is 0 Å². The smallest absolute Gasteiger partial charge is 0.251 e. The summed E-state index contributed by atoms with van der Waals surface area (Å²) in [4.78, 5) is 16.8. The maximum absolute atomic E-state index is 12.4. The van der Waals surface area contributed by atoms with Gasteiger partial charge in [-0.3, -0.25) is 4.79 Å². The summed E-state index contributed by atoms with van der Waals surface area (Å²) in [5, 5.41) is 3.79. The van der Waals surface area contributed by atoms with Crippen molar-refractivity contribution >= 4 is 34.8 Å². The topological polar surface area (TPSA) is 64.9 Å². The number of nitrogens with one attached hydrogen (secondary N) is 1. The third-order valence-corrected chi connectivity index (χ3v) is 4.26. The zero-order valence-corrected chi connectivity index (χ0v) is 14.5. The normalized spacial score (nSPS) is 13.0. The van der Waals surface area contributed by atoms with E-state index < -0.39 is 0 Å². The first-order chi connectivity index (χ1) is 12.1. The molecule has 1 aliphatic heterocycles. The molecule has 6 nitrogen and oxygen atoms in total. The number of halogens is 2. The van der Waals surface area contributed by atoms with Crippen molar-refractivity contribution in [2.45, 2.75) is 6.54 Å². The molecule has 0 saturated carbocycles. The molecule has 1 amide bonds. The first kappa shape index (κ1) is 16.1. The standard InChI is InChI=1S/C17H13Cl2N3O3/c18-11-1-2-15-21-12(9-22(15)8-11)7-20-17(23)10-5-13(19)16-14(6-10)24-3-4-25-16/h1-2,5-6,8-9H,3-4,7H2,(H,20,23). The number of ether oxygens (including phenoxy) is 2. The highest BCUT2D eigenvalue weighted by molar-refractivity contribution is 6.32. The van der Waals surface area contributed by atoms with Crippen molar-refractivity contribution in [3.63, 3.8) is 0 Å². The molecule has 1 aliphatic rings. The molecule has 128 valence electrons. The number of aromatic nitrogens is 2. The third kappa shape index (κ3) is 3.23. The Morgan fingerprint density at radius 3 is 2.92 bits per heavy atom. The minimum absolute atomic E-state index is 0.269. The highest BCUT2D eigenvalue weighted by Crippen LogP contribution is 2.38. The number of nitrogens with zero attached hydrogens (tertiary/aromatic N) is 2. The van der Waals surface area contributed by atoms with Gasteiger partial charge in [-0.25, -0.2) is 4.98 Å². The number of pyridine rings is 1. The van der Waals surface area contributed by atoms with Crippen molar-refractivity contribution in [1.82, 2.24) is 14.7 Å². The second-order valence-corrected chi connectivity index (χ2v) is 6.35. The number of carbonyl (C=O) groups excluding carboxylic acids is 1. The van der Waals surface area contributed by atoms with E-state index >= 15 is 0 Å². The van der Waals surface area contributed by atoms with Crippen LogP contribution in [0.5, 0.6) is 11.5 Å². The lowest BCUT2D eigenvalue weighted by Gasteiger charge is -2.20. The lowest BCUT2D eigenvalue weighted by Crippen LogP contribution is -2.23. The second-order valence-electron chi connectivity index (χ2n) is 5.51. The molecule has 1 N–H and O–H groups in total. The quantitative estimate of drug-likeness (QED) is 0.759. The Morgan fingerprint density at radius 1 is 1.20 bits per heavy atom. The molecule has 3 aromatic rings. The number of amides is 1. The Hall–Kier alpha value is -2.44. The maximum Gasteiger partial charge on any atom is 0.251 e. The van der Waals surface area contributed by atoms with Gasteiger partial charge in [0, 0.05) is 18.0 Å². The summed E-state index contributed by atoms with van der Waals surface area (Å²) in [6.07, 6.45) is 3.58. The van der Waals surface area contributed by atoms with Gasteiger partial charge in [-0.15, -0.1) is 0 Å². The van der Waals surface area contributed by atoms with Gasteiger partial charge >= 0.3 is 0 Å². The predicted molar refractivity (Wildman–Crippen MR) is 93.8 cm³/mol. The highest BCUT2D eigenvalue weighted by Gasteiger charge is 2.19. The van der Waals surface area contributed by atoms with E-state index in [4.69, 9.17) is 32.7 Å². The van der Waals surface area contributed by atoms with Crippen LogP contribution in [-0.2, 0) is 6.54 Å². The van der Waals surface area contributed by atoms with Gasteiger partial charge in [0.15, 0.2) is 11.5 Å². The Balaban J connectivity index is 1.50. The van der Waals surface area contributed by atoms with Gasteiger partial charge in [0.1, 0.15) is 18.9 Å². The van der Waals surface area contributed by atoms with E-state index in [-0.39, 0.29) is 12.5 Å². The van der Waals surface area contributed by atoms with Crippen LogP contribution in [0.25, 0.3) is 5.65 Å². The summed E-state index contributed by atoms with van der Waals surface area (Å²) in [6, 6.07) is 6.77. The van der Waals surface area contributed by atoms with Crippen LogP contribution in [0.15, 0.2) is 36.7 Å². The van der Waals surface area contributed by atoms with Gasteiger partial charge in [0.25, 0.3) is 5.91 Å². The molecule has 0 radical (unpaired) electrons. The molecule has 0 aliphatic carbocycles. The Labute approximate surface area is 153 Å². The van der Waals surface area contributed by atoms with Gasteiger partial charge in [-0.1, -0.05) is 23.2 Å². The van der Waals surface area contributed by atoms with Crippen LogP contribution in [0.2, 0.25) is 10.0 Å². The molecule has 0 atom stereocenters. The number of benzene rings is 1. The highest BCUT2D eigenvalue weighted by atomic mass is 35.5. The molecule has 3 heterocycles. The van der Waals surface area contributed by atoms with Crippen LogP contribution in [-0.4, -0.2) is 28.5 Å². The van der Waals surface area contributed by atoms with Crippen LogP contribution in [0, 0.1) is 0 Å². The van der Waals surface area contributed by atoms with Crippen LogP contribution < -0.4 is 14.8 Å². The minimum Gasteiger partial charge on any atom is -0.486 e. The largest absolute Gasteiger partial charge is 0.486 e. The van der Waals surface area contributed by atoms with Crippen LogP contribution in [0.4, 0.5) is 0 Å². The van der Waals surface area contributed by atoms with E-state index in [0.717, 1.165) is 11.3 Å². The summed E-state index contributed by atoms with van der Waals surface area (Å²) in [7, 11) is 0. The zero-order valence-electron chi connectivity index (χ0n) is 13.0. The second kappa shape index (κ2) is 6.46. The van der Waals surface area contributed by atoms with E-state index in [1.807, 2.05) is 16.7 Å². The van der Waals surface area contributed by atoms with Gasteiger partial charge < -0.3 is 19.2 Å². The number of rotatable bonds is 3. The van der Waals surface area contributed by atoms with Gasteiger partial charge in [0.2, 0.25) is 0 Å². The molecule has 25 heavy (non-hydrogen) atoms. The monoisotopic (exact) mass is 377 g/mol. The fraction of sp³-hybridized carbons (Fsp3) is 0.176. The van der Waals surface area contributed by atoms with Crippen LogP contribution >= 0.6 is 23.2 Å². The summed E-state index contributed by atoms with van der Waals surface area (Å²) < 4.78 is 12.8. The van der Waals surface area contributed by atoms with E-state index in [1.54, 1.807) is 24.4 Å². The van der Waals surface area contributed by atoms with Crippen molar-refractivity contribution in [3.8, 4) is 11.5 Å². The molecule has 0 spiro atoms. The van der Waals surface area contributed by atoms with Crippen molar-refractivity contribution < 1.29 is 14.3 Å². The van der Waals surface area contributed by atoms with Crippen molar-refractivity contribution in [1.29, 1.82) is 0 Å². The van der Waals surface area contributed by atoms with Crippen LogP contribution in [0.1, 0.15) is 16.1 Å². The zero-order chi connectivity index (χ0) is 17.4. The molecule has 2 aromatic heterocycles. The number of imidazole rings is 1. The minimum atomic E-state index is -0.269. The average molecular weight is 378 g/mol. The molecular weight excluding hydrogens is 365 g/mol.